The average molecular weight is 389 g/mol. The summed E-state index contributed by atoms with van der Waals surface area (Å²) in [5.74, 6) is 0. The number of aromatic nitrogens is 4. The van der Waals surface area contributed by atoms with Gasteiger partial charge in [-0.2, -0.15) is 0 Å². The number of rotatable bonds is 3. The van der Waals surface area contributed by atoms with Crippen molar-refractivity contribution in [3.8, 4) is 33.8 Å². The molecule has 120 valence electrons. The molecule has 0 aliphatic rings. The van der Waals surface area contributed by atoms with Crippen LogP contribution in [0.1, 0.15) is 0 Å². The molecule has 4 rings (SSSR count). The molecule has 5 heteroatoms. The van der Waals surface area contributed by atoms with Crippen molar-refractivity contribution in [1.29, 1.82) is 0 Å². The maximum Gasteiger partial charge on any atom is 0.106 e. The van der Waals surface area contributed by atoms with Gasteiger partial charge < -0.3 is 0 Å². The van der Waals surface area contributed by atoms with Gasteiger partial charge in [0.1, 0.15) is 4.60 Å². The molecule has 0 aromatic carbocycles. The minimum Gasteiger partial charge on any atom is -0.265 e. The number of pyridine rings is 4. The number of hydrogen-bond acceptors (Lipinski definition) is 4. The molecule has 0 aliphatic carbocycles. The molecule has 0 bridgehead atoms. The van der Waals surface area contributed by atoms with E-state index in [1.54, 1.807) is 18.6 Å². The van der Waals surface area contributed by atoms with Crippen LogP contribution >= 0.6 is 15.9 Å². The summed E-state index contributed by atoms with van der Waals surface area (Å²) in [6, 6.07) is 17.8. The lowest BCUT2D eigenvalue weighted by Gasteiger charge is -2.09. The van der Waals surface area contributed by atoms with Crippen molar-refractivity contribution in [2.45, 2.75) is 0 Å². The van der Waals surface area contributed by atoms with Gasteiger partial charge in [-0.3, -0.25) is 9.97 Å². The Balaban J connectivity index is 1.92. The van der Waals surface area contributed by atoms with Gasteiger partial charge in [0.05, 0.1) is 17.1 Å². The molecule has 0 N–H and O–H groups in total. The first kappa shape index (κ1) is 15.6. The molecule has 0 fully saturated rings. The second-order valence-corrected chi connectivity index (χ2v) is 6.26. The minimum absolute atomic E-state index is 0.801. The van der Waals surface area contributed by atoms with Crippen LogP contribution in [0.2, 0.25) is 0 Å². The Morgan fingerprint density at radius 2 is 1.40 bits per heavy atom. The monoisotopic (exact) mass is 388 g/mol. The van der Waals surface area contributed by atoms with E-state index in [1.807, 2.05) is 60.8 Å². The molecule has 4 aromatic heterocycles. The average Bonchev–Trinajstić information content (AvgIpc) is 2.69. The summed E-state index contributed by atoms with van der Waals surface area (Å²) in [6.07, 6.45) is 7.11. The van der Waals surface area contributed by atoms with E-state index in [2.05, 4.69) is 30.9 Å². The standard InChI is InChI=1S/C20H13BrN4/c21-20-5-1-4-17(25-20)16-11-18(14-6-9-22-10-7-14)24-19(12-16)15-3-2-8-23-13-15/h1-13H. The van der Waals surface area contributed by atoms with Crippen LogP contribution in [-0.2, 0) is 0 Å². The van der Waals surface area contributed by atoms with Gasteiger partial charge in [0.2, 0.25) is 0 Å². The van der Waals surface area contributed by atoms with Crippen molar-refractivity contribution < 1.29 is 0 Å². The van der Waals surface area contributed by atoms with Gasteiger partial charge in [-0.05, 0) is 64.5 Å². The molecule has 0 atom stereocenters. The van der Waals surface area contributed by atoms with E-state index in [-0.39, 0.29) is 0 Å². The van der Waals surface area contributed by atoms with Crippen LogP contribution in [0, 0.1) is 0 Å². The van der Waals surface area contributed by atoms with Crippen LogP contribution in [0.5, 0.6) is 0 Å². The first-order valence-electron chi connectivity index (χ1n) is 7.75. The summed E-state index contributed by atoms with van der Waals surface area (Å²) in [5.41, 5.74) is 5.60. The van der Waals surface area contributed by atoms with E-state index in [9.17, 15) is 0 Å². The van der Waals surface area contributed by atoms with Crippen LogP contribution in [0.3, 0.4) is 0 Å². The van der Waals surface area contributed by atoms with Gasteiger partial charge in [0.15, 0.2) is 0 Å². The Labute approximate surface area is 153 Å². The molecule has 0 saturated carbocycles. The topological polar surface area (TPSA) is 51.6 Å². The normalized spacial score (nSPS) is 10.6. The summed E-state index contributed by atoms with van der Waals surface area (Å²) < 4.78 is 0.801. The van der Waals surface area contributed by atoms with E-state index in [1.165, 1.54) is 0 Å². The van der Waals surface area contributed by atoms with Gasteiger partial charge >= 0.3 is 0 Å². The van der Waals surface area contributed by atoms with E-state index in [0.717, 1.165) is 38.4 Å². The van der Waals surface area contributed by atoms with Crippen molar-refractivity contribution in [2.24, 2.45) is 0 Å². The summed E-state index contributed by atoms with van der Waals surface area (Å²) in [5, 5.41) is 0. The Hall–Kier alpha value is -2.92. The Bertz CT molecular complexity index is 947. The molecule has 25 heavy (non-hydrogen) atoms. The maximum absolute atomic E-state index is 4.81. The number of halogens is 1. The third-order valence-corrected chi connectivity index (χ3v) is 4.21. The lowest BCUT2D eigenvalue weighted by Crippen LogP contribution is -1.93. The second kappa shape index (κ2) is 6.91. The van der Waals surface area contributed by atoms with Crippen molar-refractivity contribution in [2.75, 3.05) is 0 Å². The summed E-state index contributed by atoms with van der Waals surface area (Å²) >= 11 is 3.44. The fourth-order valence-corrected chi connectivity index (χ4v) is 2.92. The largest absolute Gasteiger partial charge is 0.265 e. The van der Waals surface area contributed by atoms with Gasteiger partial charge in [-0.25, -0.2) is 9.97 Å². The zero-order valence-corrected chi connectivity index (χ0v) is 14.8. The van der Waals surface area contributed by atoms with E-state index >= 15 is 0 Å². The SMILES string of the molecule is Brc1cccc(-c2cc(-c3ccncc3)nc(-c3cccnc3)c2)n1. The summed E-state index contributed by atoms with van der Waals surface area (Å²) in [7, 11) is 0. The van der Waals surface area contributed by atoms with Crippen molar-refractivity contribution in [3.05, 3.63) is 84.0 Å². The van der Waals surface area contributed by atoms with Crippen LogP contribution in [0.25, 0.3) is 33.8 Å². The first-order chi connectivity index (χ1) is 12.3. The van der Waals surface area contributed by atoms with E-state index in [4.69, 9.17) is 4.98 Å². The lowest BCUT2D eigenvalue weighted by molar-refractivity contribution is 1.24. The molecule has 4 nitrogen and oxygen atoms in total. The fraction of sp³-hybridized carbons (Fsp3) is 0. The van der Waals surface area contributed by atoms with Gasteiger partial charge in [0, 0.05) is 41.5 Å². The smallest absolute Gasteiger partial charge is 0.106 e. The highest BCUT2D eigenvalue weighted by molar-refractivity contribution is 9.10. The molecular formula is C20H13BrN4. The van der Waals surface area contributed by atoms with Crippen LogP contribution < -0.4 is 0 Å². The highest BCUT2D eigenvalue weighted by Gasteiger charge is 2.10. The van der Waals surface area contributed by atoms with Crippen LogP contribution in [0.15, 0.2) is 84.0 Å². The minimum atomic E-state index is 0.801. The van der Waals surface area contributed by atoms with E-state index in [0.29, 0.717) is 0 Å². The molecular weight excluding hydrogens is 376 g/mol. The van der Waals surface area contributed by atoms with Crippen LogP contribution in [0.4, 0.5) is 0 Å². The van der Waals surface area contributed by atoms with Crippen LogP contribution in [-0.4, -0.2) is 19.9 Å². The maximum atomic E-state index is 4.81. The Kier molecular flexibility index (Phi) is 4.31. The molecule has 0 aliphatic heterocycles. The lowest BCUT2D eigenvalue weighted by atomic mass is 10.0. The predicted molar refractivity (Wildman–Crippen MR) is 102 cm³/mol. The third-order valence-electron chi connectivity index (χ3n) is 3.77. The van der Waals surface area contributed by atoms with E-state index < -0.39 is 0 Å². The summed E-state index contributed by atoms with van der Waals surface area (Å²) in [6.45, 7) is 0. The van der Waals surface area contributed by atoms with Crippen molar-refractivity contribution >= 4 is 15.9 Å². The van der Waals surface area contributed by atoms with Gasteiger partial charge in [0.25, 0.3) is 0 Å². The zero-order chi connectivity index (χ0) is 17.1. The molecule has 0 amide bonds. The highest BCUT2D eigenvalue weighted by Crippen LogP contribution is 2.29. The highest BCUT2D eigenvalue weighted by atomic mass is 79.9. The molecule has 4 heterocycles. The predicted octanol–water partition coefficient (Wildman–Crippen LogP) is 5.03. The second-order valence-electron chi connectivity index (χ2n) is 5.45. The first-order valence-corrected chi connectivity index (χ1v) is 8.55. The Morgan fingerprint density at radius 1 is 0.600 bits per heavy atom. The molecule has 0 unspecified atom stereocenters. The van der Waals surface area contributed by atoms with Crippen molar-refractivity contribution in [1.82, 2.24) is 19.9 Å². The summed E-state index contributed by atoms with van der Waals surface area (Å²) in [4.78, 5) is 17.7. The fourth-order valence-electron chi connectivity index (χ4n) is 2.58. The quantitative estimate of drug-likeness (QED) is 0.461. The molecule has 0 spiro atoms. The number of hydrogen-bond donors (Lipinski definition) is 0. The molecule has 0 saturated heterocycles. The van der Waals surface area contributed by atoms with Gasteiger partial charge in [-0.1, -0.05) is 6.07 Å². The zero-order valence-electron chi connectivity index (χ0n) is 13.2. The number of nitrogens with zero attached hydrogens (tertiary/aromatic N) is 4. The third kappa shape index (κ3) is 3.46. The van der Waals surface area contributed by atoms with Gasteiger partial charge in [-0.15, -0.1) is 0 Å². The Morgan fingerprint density at radius 3 is 2.12 bits per heavy atom. The molecule has 0 radical (unpaired) electrons. The van der Waals surface area contributed by atoms with Crippen molar-refractivity contribution in [3.63, 3.8) is 0 Å². The molecule has 4 aromatic rings.